The first-order valence-corrected chi connectivity index (χ1v) is 0. The normalized spacial score (nSPS) is 0. The quantitative estimate of drug-likeness (QED) is 0.456. The third-order valence-corrected chi connectivity index (χ3v) is 0. The maximum atomic E-state index is 0. The standard InChI is InChI=1S/Co.La.3H2O/h;;3*1H2. The molecule has 0 saturated carbocycles. The van der Waals surface area contributed by atoms with Gasteiger partial charge in [0, 0.05) is 52.4 Å². The molecule has 5 heavy (non-hydrogen) atoms. The van der Waals surface area contributed by atoms with E-state index in [1.807, 2.05) is 0 Å². The van der Waals surface area contributed by atoms with E-state index in [9.17, 15) is 0 Å². The summed E-state index contributed by atoms with van der Waals surface area (Å²) in [5, 5.41) is 0. The first-order valence-electron chi connectivity index (χ1n) is 0. The molecule has 0 aliphatic rings. The van der Waals surface area contributed by atoms with Gasteiger partial charge in [-0.25, -0.2) is 0 Å². The minimum Gasteiger partial charge on any atom is -0.412 e. The average Bonchev–Trinajstić information content (AvgIpc) is 0. The van der Waals surface area contributed by atoms with Crippen LogP contribution in [0, 0.1) is 35.6 Å². The van der Waals surface area contributed by atoms with E-state index >= 15 is 0 Å². The van der Waals surface area contributed by atoms with Gasteiger partial charge in [0.1, 0.15) is 0 Å². The zero-order chi connectivity index (χ0) is 0. The molecule has 0 saturated heterocycles. The van der Waals surface area contributed by atoms with E-state index in [4.69, 9.17) is 0 Å². The second-order valence-corrected chi connectivity index (χ2v) is 0. The summed E-state index contributed by atoms with van der Waals surface area (Å²) in [6.45, 7) is 0. The molecule has 0 rings (SSSR count). The van der Waals surface area contributed by atoms with E-state index in [-0.39, 0.29) is 68.8 Å². The van der Waals surface area contributed by atoms with Crippen LogP contribution >= 0.6 is 0 Å². The van der Waals surface area contributed by atoms with E-state index in [1.165, 1.54) is 0 Å². The molecule has 0 bridgehead atoms. The number of hydrogen-bond acceptors (Lipinski definition) is 0. The Bertz CT molecular complexity index is 6.85. The van der Waals surface area contributed by atoms with Crippen LogP contribution in [-0.4, -0.2) is 16.4 Å². The first kappa shape index (κ1) is 82.0. The molecule has 0 fully saturated rings. The molecule has 0 aromatic rings. The first-order chi connectivity index (χ1) is 0. The van der Waals surface area contributed by atoms with E-state index in [0.29, 0.717) is 0 Å². The van der Waals surface area contributed by atoms with Crippen LogP contribution in [0.2, 0.25) is 0 Å². The Kier molecular flexibility index (Phi) is 768. The van der Waals surface area contributed by atoms with E-state index in [2.05, 4.69) is 0 Å². The van der Waals surface area contributed by atoms with E-state index in [0.717, 1.165) is 0 Å². The van der Waals surface area contributed by atoms with Crippen molar-refractivity contribution in [3.63, 3.8) is 0 Å². The van der Waals surface area contributed by atoms with Crippen molar-refractivity contribution >= 4 is 0 Å². The third-order valence-electron chi connectivity index (χ3n) is 0. The predicted molar refractivity (Wildman–Crippen MR) is 10.8 cm³/mol. The Morgan fingerprint density at radius 3 is 0.600 bits per heavy atom. The molecule has 0 aliphatic carbocycles. The van der Waals surface area contributed by atoms with Gasteiger partial charge < -0.3 is 16.4 Å². The van der Waals surface area contributed by atoms with Crippen LogP contribution in [0.25, 0.3) is 0 Å². The topological polar surface area (TPSA) is 94.5 Å². The van der Waals surface area contributed by atoms with Crippen LogP contribution in [0.4, 0.5) is 0 Å². The molecule has 0 aromatic carbocycles. The predicted octanol–water partition coefficient (Wildman–Crippen LogP) is -2.48. The van der Waals surface area contributed by atoms with Gasteiger partial charge in [-0.3, -0.25) is 0 Å². The zero-order valence-corrected chi connectivity index (χ0v) is 7.08. The maximum Gasteiger partial charge on any atom is 0 e. The summed E-state index contributed by atoms with van der Waals surface area (Å²) >= 11 is 0. The summed E-state index contributed by atoms with van der Waals surface area (Å²) in [6.07, 6.45) is 0. The minimum absolute atomic E-state index is 0. The molecular weight excluding hydrogens is 246 g/mol. The van der Waals surface area contributed by atoms with Gasteiger partial charge in [0.2, 0.25) is 0 Å². The van der Waals surface area contributed by atoms with Crippen LogP contribution in [0.3, 0.4) is 0 Å². The summed E-state index contributed by atoms with van der Waals surface area (Å²) in [6, 6.07) is 0. The molecule has 0 aliphatic heterocycles. The fraction of sp³-hybridized carbons (Fsp3) is 0. The molecule has 2 radical (unpaired) electrons. The van der Waals surface area contributed by atoms with Gasteiger partial charge in [-0.2, -0.15) is 0 Å². The molecule has 0 aromatic heterocycles. The molecule has 0 spiro atoms. The summed E-state index contributed by atoms with van der Waals surface area (Å²) in [4.78, 5) is 0. The summed E-state index contributed by atoms with van der Waals surface area (Å²) in [5.41, 5.74) is 0. The van der Waals surface area contributed by atoms with Crippen LogP contribution in [-0.2, 0) is 16.8 Å². The SMILES string of the molecule is O.O.O.[Co].[La]. The smallest absolute Gasteiger partial charge is 0 e. The second kappa shape index (κ2) is 46.8. The fourth-order valence-corrected chi connectivity index (χ4v) is 0. The van der Waals surface area contributed by atoms with E-state index in [1.54, 1.807) is 0 Å². The largest absolute Gasteiger partial charge is 0.412 e. The Balaban J connectivity index is 0. The van der Waals surface area contributed by atoms with Gasteiger partial charge in [-0.05, 0) is 0 Å². The van der Waals surface area contributed by atoms with Crippen LogP contribution in [0.15, 0.2) is 0 Å². The molecular formula is H6CoLaO3. The molecule has 0 atom stereocenters. The summed E-state index contributed by atoms with van der Waals surface area (Å²) < 4.78 is 0. The molecule has 36 valence electrons. The zero-order valence-electron chi connectivity index (χ0n) is 2.41. The Morgan fingerprint density at radius 1 is 0.600 bits per heavy atom. The van der Waals surface area contributed by atoms with Crippen molar-refractivity contribution in [2.45, 2.75) is 0 Å². The molecule has 6 N–H and O–H groups in total. The fourth-order valence-electron chi connectivity index (χ4n) is 0. The minimum atomic E-state index is 0. The molecule has 3 nitrogen and oxygen atoms in total. The number of rotatable bonds is 0. The van der Waals surface area contributed by atoms with Gasteiger partial charge in [-0.1, -0.05) is 0 Å². The molecule has 0 amide bonds. The van der Waals surface area contributed by atoms with Crippen molar-refractivity contribution in [3.05, 3.63) is 0 Å². The Hall–Kier alpha value is 1.58. The van der Waals surface area contributed by atoms with Crippen LogP contribution in [0.1, 0.15) is 0 Å². The summed E-state index contributed by atoms with van der Waals surface area (Å²) in [5.74, 6) is 0. The van der Waals surface area contributed by atoms with Crippen molar-refractivity contribution in [1.29, 1.82) is 0 Å². The van der Waals surface area contributed by atoms with Crippen molar-refractivity contribution in [2.75, 3.05) is 0 Å². The van der Waals surface area contributed by atoms with Crippen molar-refractivity contribution in [2.24, 2.45) is 0 Å². The maximum absolute atomic E-state index is 0. The van der Waals surface area contributed by atoms with Crippen molar-refractivity contribution in [1.82, 2.24) is 0 Å². The second-order valence-electron chi connectivity index (χ2n) is 0. The summed E-state index contributed by atoms with van der Waals surface area (Å²) in [7, 11) is 0. The van der Waals surface area contributed by atoms with Gasteiger partial charge in [0.15, 0.2) is 0 Å². The number of hydrogen-bond donors (Lipinski definition) is 0. The Morgan fingerprint density at radius 2 is 0.600 bits per heavy atom. The van der Waals surface area contributed by atoms with Gasteiger partial charge >= 0.3 is 0 Å². The Labute approximate surface area is 68.2 Å². The van der Waals surface area contributed by atoms with Crippen LogP contribution < -0.4 is 0 Å². The molecule has 0 heterocycles. The monoisotopic (exact) mass is 252 g/mol. The average molecular weight is 252 g/mol. The molecule has 0 unspecified atom stereocenters. The van der Waals surface area contributed by atoms with E-state index < -0.39 is 0 Å². The third kappa shape index (κ3) is 28.6. The molecule has 5 heteroatoms. The van der Waals surface area contributed by atoms with Gasteiger partial charge in [-0.15, -0.1) is 0 Å². The van der Waals surface area contributed by atoms with Gasteiger partial charge in [0.05, 0.1) is 0 Å². The van der Waals surface area contributed by atoms with Gasteiger partial charge in [0.25, 0.3) is 0 Å². The van der Waals surface area contributed by atoms with Crippen molar-refractivity contribution in [3.8, 4) is 0 Å². The van der Waals surface area contributed by atoms with Crippen LogP contribution in [0.5, 0.6) is 0 Å². The van der Waals surface area contributed by atoms with Crippen molar-refractivity contribution < 1.29 is 68.8 Å².